The van der Waals surface area contributed by atoms with E-state index in [1.165, 1.54) is 30.4 Å². The summed E-state index contributed by atoms with van der Waals surface area (Å²) in [6, 6.07) is 6.86. The number of hydrogen-bond acceptors (Lipinski definition) is 2. The number of hydrogen-bond donors (Lipinski definition) is 1. The summed E-state index contributed by atoms with van der Waals surface area (Å²) in [5.74, 6) is 1.65. The molecule has 2 atom stereocenters. The summed E-state index contributed by atoms with van der Waals surface area (Å²) in [4.78, 5) is 0. The number of rotatable bonds is 3. The molecule has 2 heteroatoms. The van der Waals surface area contributed by atoms with Crippen molar-refractivity contribution in [3.63, 3.8) is 0 Å². The summed E-state index contributed by atoms with van der Waals surface area (Å²) in [6.07, 6.45) is 4.89. The van der Waals surface area contributed by atoms with Crippen LogP contribution < -0.4 is 10.5 Å². The van der Waals surface area contributed by atoms with E-state index in [1.807, 2.05) is 0 Å². The number of aryl methyl sites for hydroxylation is 1. The summed E-state index contributed by atoms with van der Waals surface area (Å²) < 4.78 is 5.27. The first kappa shape index (κ1) is 11.5. The van der Waals surface area contributed by atoms with Crippen LogP contribution >= 0.6 is 0 Å². The maximum absolute atomic E-state index is 6.10. The average molecular weight is 219 g/mol. The van der Waals surface area contributed by atoms with E-state index in [9.17, 15) is 0 Å². The lowest BCUT2D eigenvalue weighted by Crippen LogP contribution is -2.25. The van der Waals surface area contributed by atoms with Crippen molar-refractivity contribution in [2.24, 2.45) is 11.7 Å². The van der Waals surface area contributed by atoms with Crippen LogP contribution in [0.4, 0.5) is 0 Å². The first-order valence-electron chi connectivity index (χ1n) is 6.10. The van der Waals surface area contributed by atoms with Gasteiger partial charge in [0.15, 0.2) is 0 Å². The van der Waals surface area contributed by atoms with Gasteiger partial charge in [0, 0.05) is 6.04 Å². The van der Waals surface area contributed by atoms with Gasteiger partial charge in [0.05, 0.1) is 7.11 Å². The molecule has 1 fully saturated rings. The number of benzene rings is 1. The van der Waals surface area contributed by atoms with Gasteiger partial charge in [-0.3, -0.25) is 0 Å². The topological polar surface area (TPSA) is 35.2 Å². The van der Waals surface area contributed by atoms with E-state index >= 15 is 0 Å². The van der Waals surface area contributed by atoms with Gasteiger partial charge in [-0.15, -0.1) is 0 Å². The molecule has 0 heterocycles. The Hall–Kier alpha value is -1.02. The highest BCUT2D eigenvalue weighted by molar-refractivity contribution is 5.36. The standard InChI is InChI=1S/C14H21NO/c1-10-8-11(6-7-14(10)16-2)9-12-4-3-5-13(12)15/h6-8,12-13H,3-5,9,15H2,1-2H3. The van der Waals surface area contributed by atoms with Gasteiger partial charge < -0.3 is 10.5 Å². The van der Waals surface area contributed by atoms with Crippen LogP contribution in [0.2, 0.25) is 0 Å². The maximum atomic E-state index is 6.10. The first-order chi connectivity index (χ1) is 7.70. The van der Waals surface area contributed by atoms with Crippen molar-refractivity contribution in [3.05, 3.63) is 29.3 Å². The van der Waals surface area contributed by atoms with Gasteiger partial charge in [0.2, 0.25) is 0 Å². The normalized spacial score (nSPS) is 24.7. The second-order valence-corrected chi connectivity index (χ2v) is 4.86. The van der Waals surface area contributed by atoms with Crippen LogP contribution in [0.1, 0.15) is 30.4 Å². The van der Waals surface area contributed by atoms with E-state index in [-0.39, 0.29) is 0 Å². The Morgan fingerprint density at radius 3 is 2.75 bits per heavy atom. The largest absolute Gasteiger partial charge is 0.496 e. The summed E-state index contributed by atoms with van der Waals surface area (Å²) in [5.41, 5.74) is 8.70. The Balaban J connectivity index is 2.07. The van der Waals surface area contributed by atoms with Crippen LogP contribution in [0, 0.1) is 12.8 Å². The molecule has 1 saturated carbocycles. The zero-order valence-electron chi connectivity index (χ0n) is 10.2. The van der Waals surface area contributed by atoms with E-state index in [1.54, 1.807) is 7.11 Å². The zero-order chi connectivity index (χ0) is 11.5. The van der Waals surface area contributed by atoms with E-state index in [4.69, 9.17) is 10.5 Å². The highest BCUT2D eigenvalue weighted by Crippen LogP contribution is 2.28. The van der Waals surface area contributed by atoms with Gasteiger partial charge in [0.1, 0.15) is 5.75 Å². The van der Waals surface area contributed by atoms with Crippen molar-refractivity contribution >= 4 is 0 Å². The average Bonchev–Trinajstić information content (AvgIpc) is 2.65. The molecule has 0 bridgehead atoms. The molecule has 0 spiro atoms. The van der Waals surface area contributed by atoms with Gasteiger partial charge in [-0.2, -0.15) is 0 Å². The fourth-order valence-corrected chi connectivity index (χ4v) is 2.69. The summed E-state index contributed by atoms with van der Waals surface area (Å²) in [5, 5.41) is 0. The van der Waals surface area contributed by atoms with Crippen LogP contribution in [0.25, 0.3) is 0 Å². The Morgan fingerprint density at radius 2 is 2.19 bits per heavy atom. The predicted molar refractivity (Wildman–Crippen MR) is 66.8 cm³/mol. The number of methoxy groups -OCH3 is 1. The van der Waals surface area contributed by atoms with Gasteiger partial charge in [-0.1, -0.05) is 18.6 Å². The molecular weight excluding hydrogens is 198 g/mol. The summed E-state index contributed by atoms with van der Waals surface area (Å²) >= 11 is 0. The highest BCUT2D eigenvalue weighted by Gasteiger charge is 2.23. The molecule has 1 aliphatic rings. The van der Waals surface area contributed by atoms with E-state index in [2.05, 4.69) is 25.1 Å². The molecule has 0 amide bonds. The van der Waals surface area contributed by atoms with Crippen LogP contribution in [0.15, 0.2) is 18.2 Å². The van der Waals surface area contributed by atoms with Gasteiger partial charge >= 0.3 is 0 Å². The molecule has 2 rings (SSSR count). The van der Waals surface area contributed by atoms with Gasteiger partial charge in [0.25, 0.3) is 0 Å². The lowest BCUT2D eigenvalue weighted by Gasteiger charge is -2.16. The van der Waals surface area contributed by atoms with E-state index < -0.39 is 0 Å². The Bertz CT molecular complexity index is 362. The minimum Gasteiger partial charge on any atom is -0.496 e. The van der Waals surface area contributed by atoms with Gasteiger partial charge in [-0.25, -0.2) is 0 Å². The fourth-order valence-electron chi connectivity index (χ4n) is 2.69. The molecule has 1 aromatic carbocycles. The van der Waals surface area contributed by atoms with E-state index in [0.29, 0.717) is 12.0 Å². The number of nitrogens with two attached hydrogens (primary N) is 1. The summed E-state index contributed by atoms with van der Waals surface area (Å²) in [6.45, 7) is 2.09. The quantitative estimate of drug-likeness (QED) is 0.848. The Morgan fingerprint density at radius 1 is 1.38 bits per heavy atom. The minimum atomic E-state index is 0.405. The third-order valence-electron chi connectivity index (χ3n) is 3.68. The van der Waals surface area contributed by atoms with E-state index in [0.717, 1.165) is 12.2 Å². The third kappa shape index (κ3) is 2.38. The summed E-state index contributed by atoms with van der Waals surface area (Å²) in [7, 11) is 1.72. The second kappa shape index (κ2) is 4.88. The molecule has 2 nitrogen and oxygen atoms in total. The molecule has 2 N–H and O–H groups in total. The predicted octanol–water partition coefficient (Wildman–Crippen LogP) is 2.67. The highest BCUT2D eigenvalue weighted by atomic mass is 16.5. The smallest absolute Gasteiger partial charge is 0.121 e. The molecule has 0 aromatic heterocycles. The molecule has 1 aliphatic carbocycles. The lowest BCUT2D eigenvalue weighted by molar-refractivity contribution is 0.411. The van der Waals surface area contributed by atoms with Crippen molar-refractivity contribution in [2.75, 3.05) is 7.11 Å². The first-order valence-corrected chi connectivity index (χ1v) is 6.10. The fraction of sp³-hybridized carbons (Fsp3) is 0.571. The van der Waals surface area contributed by atoms with Crippen molar-refractivity contribution < 1.29 is 4.74 Å². The SMILES string of the molecule is COc1ccc(CC2CCCC2N)cc1C. The Labute approximate surface area is 97.8 Å². The van der Waals surface area contributed by atoms with Crippen LogP contribution in [-0.2, 0) is 6.42 Å². The molecule has 2 unspecified atom stereocenters. The molecule has 1 aromatic rings. The third-order valence-corrected chi connectivity index (χ3v) is 3.68. The molecule has 0 radical (unpaired) electrons. The van der Waals surface area contributed by atoms with Gasteiger partial charge in [-0.05, 0) is 49.3 Å². The lowest BCUT2D eigenvalue weighted by atomic mass is 9.94. The maximum Gasteiger partial charge on any atom is 0.121 e. The van der Waals surface area contributed by atoms with Crippen LogP contribution in [-0.4, -0.2) is 13.2 Å². The molecular formula is C14H21NO. The zero-order valence-corrected chi connectivity index (χ0v) is 10.2. The second-order valence-electron chi connectivity index (χ2n) is 4.86. The van der Waals surface area contributed by atoms with Crippen LogP contribution in [0.3, 0.4) is 0 Å². The molecule has 16 heavy (non-hydrogen) atoms. The monoisotopic (exact) mass is 219 g/mol. The molecule has 0 aliphatic heterocycles. The molecule has 0 saturated heterocycles. The van der Waals surface area contributed by atoms with Crippen molar-refractivity contribution in [3.8, 4) is 5.75 Å². The number of ether oxygens (including phenoxy) is 1. The van der Waals surface area contributed by atoms with Crippen molar-refractivity contribution in [1.82, 2.24) is 0 Å². The van der Waals surface area contributed by atoms with Crippen molar-refractivity contribution in [2.45, 2.75) is 38.6 Å². The minimum absolute atomic E-state index is 0.405. The molecule has 88 valence electrons. The van der Waals surface area contributed by atoms with Crippen molar-refractivity contribution in [1.29, 1.82) is 0 Å². The van der Waals surface area contributed by atoms with Crippen LogP contribution in [0.5, 0.6) is 5.75 Å². The Kier molecular flexibility index (Phi) is 3.49.